The second-order valence-corrected chi connectivity index (χ2v) is 10.5. The lowest BCUT2D eigenvalue weighted by molar-refractivity contribution is -0.141. The van der Waals surface area contributed by atoms with Crippen molar-refractivity contribution < 1.29 is 52.9 Å². The van der Waals surface area contributed by atoms with Crippen LogP contribution in [0, 0.1) is 17.7 Å². The van der Waals surface area contributed by atoms with Crippen LogP contribution in [0.15, 0.2) is 64.3 Å². The predicted molar refractivity (Wildman–Crippen MR) is 161 cm³/mol. The fourth-order valence-corrected chi connectivity index (χ4v) is 5.70. The summed E-state index contributed by atoms with van der Waals surface area (Å²) in [7, 11) is 4.63. The van der Waals surface area contributed by atoms with Gasteiger partial charge in [0.05, 0.1) is 40.0 Å². The fraction of sp³-hybridized carbons (Fsp3) is 0.281. The molecule has 1 fully saturated rings. The van der Waals surface area contributed by atoms with Gasteiger partial charge >= 0.3 is 11.7 Å². The Morgan fingerprint density at radius 3 is 1.98 bits per heavy atom. The number of phenolic OH excluding ortho intramolecular Hbond substituents is 2. The van der Waals surface area contributed by atoms with Crippen LogP contribution < -0.4 is 34.9 Å². The minimum absolute atomic E-state index is 0.0880. The van der Waals surface area contributed by atoms with Crippen LogP contribution in [0.2, 0.25) is 0 Å². The second kappa shape index (κ2) is 13.7. The number of fused-ring (bicyclic) bond motifs is 3. The van der Waals surface area contributed by atoms with Crippen LogP contribution >= 0.6 is 0 Å². The molecule has 0 radical (unpaired) electrons. The van der Waals surface area contributed by atoms with Gasteiger partial charge in [-0.15, -0.1) is 0 Å². The van der Waals surface area contributed by atoms with Crippen molar-refractivity contribution in [3.63, 3.8) is 0 Å². The lowest BCUT2D eigenvalue weighted by Crippen LogP contribution is -2.34. The number of benzene rings is 3. The predicted octanol–water partition coefficient (Wildman–Crippen LogP) is 2.71. The SMILES string of the molecule is COc1cc([C@@H]2c3cc4c(cc3[C@H](O)[C@H]3COC(=O)[C@H]23)OCO4)cc(OC)c1OC.O=c1[nH]cc(F)c(=O)[nH]1.Oc1cccc(O)c1. The van der Waals surface area contributed by atoms with Gasteiger partial charge in [0.25, 0.3) is 5.56 Å². The van der Waals surface area contributed by atoms with E-state index in [-0.39, 0.29) is 42.7 Å². The Morgan fingerprint density at radius 1 is 0.851 bits per heavy atom. The zero-order valence-corrected chi connectivity index (χ0v) is 25.3. The van der Waals surface area contributed by atoms with Gasteiger partial charge in [-0.25, -0.2) is 4.79 Å². The van der Waals surface area contributed by atoms with Gasteiger partial charge in [-0.3, -0.25) is 14.6 Å². The molecule has 0 spiro atoms. The molecule has 0 unspecified atom stereocenters. The molecule has 0 bridgehead atoms. The highest BCUT2D eigenvalue weighted by Gasteiger charge is 2.52. The fourth-order valence-electron chi connectivity index (χ4n) is 5.70. The van der Waals surface area contributed by atoms with E-state index in [1.165, 1.54) is 25.3 Å². The molecule has 47 heavy (non-hydrogen) atoms. The highest BCUT2D eigenvalue weighted by molar-refractivity contribution is 5.79. The number of ether oxygens (including phenoxy) is 6. The molecular weight excluding hydrogens is 623 g/mol. The first-order valence-electron chi connectivity index (χ1n) is 14.1. The molecule has 0 amide bonds. The third-order valence-electron chi connectivity index (χ3n) is 7.80. The second-order valence-electron chi connectivity index (χ2n) is 10.5. The van der Waals surface area contributed by atoms with E-state index in [0.717, 1.165) is 11.1 Å². The van der Waals surface area contributed by atoms with E-state index in [4.69, 9.17) is 38.6 Å². The third kappa shape index (κ3) is 6.65. The van der Waals surface area contributed by atoms with Crippen molar-refractivity contribution in [3.05, 3.63) is 98.1 Å². The van der Waals surface area contributed by atoms with E-state index in [0.29, 0.717) is 40.5 Å². The highest BCUT2D eigenvalue weighted by atomic mass is 19.1. The number of rotatable bonds is 4. The van der Waals surface area contributed by atoms with Crippen LogP contribution in [0.3, 0.4) is 0 Å². The van der Waals surface area contributed by atoms with E-state index >= 15 is 0 Å². The first-order chi connectivity index (χ1) is 22.6. The minimum atomic E-state index is -1.00. The number of esters is 1. The Morgan fingerprint density at radius 2 is 1.47 bits per heavy atom. The molecule has 14 nitrogen and oxygen atoms in total. The summed E-state index contributed by atoms with van der Waals surface area (Å²) >= 11 is 0. The zero-order chi connectivity index (χ0) is 33.8. The number of H-pyrrole nitrogens is 2. The van der Waals surface area contributed by atoms with E-state index in [1.807, 2.05) is 23.2 Å². The Labute approximate surface area is 265 Å². The van der Waals surface area contributed by atoms with E-state index in [1.54, 1.807) is 31.3 Å². The summed E-state index contributed by atoms with van der Waals surface area (Å²) in [6.45, 7) is 0.289. The average Bonchev–Trinajstić information content (AvgIpc) is 3.68. The summed E-state index contributed by atoms with van der Waals surface area (Å²) in [6, 6.07) is 13.2. The molecule has 1 aromatic heterocycles. The van der Waals surface area contributed by atoms with Gasteiger partial charge in [0, 0.05) is 24.1 Å². The van der Waals surface area contributed by atoms with Crippen molar-refractivity contribution in [2.75, 3.05) is 34.7 Å². The van der Waals surface area contributed by atoms with Crippen molar-refractivity contribution in [1.82, 2.24) is 9.97 Å². The summed E-state index contributed by atoms with van der Waals surface area (Å²) in [5, 5.41) is 28.3. The maximum absolute atomic E-state index is 12.7. The number of hydrogen-bond donors (Lipinski definition) is 5. The lowest BCUT2D eigenvalue weighted by atomic mass is 9.66. The van der Waals surface area contributed by atoms with Crippen molar-refractivity contribution in [1.29, 1.82) is 0 Å². The molecule has 3 heterocycles. The van der Waals surface area contributed by atoms with E-state index in [2.05, 4.69) is 0 Å². The molecule has 1 aliphatic carbocycles. The van der Waals surface area contributed by atoms with Crippen molar-refractivity contribution in [2.45, 2.75) is 12.0 Å². The van der Waals surface area contributed by atoms with Crippen LogP contribution in [0.4, 0.5) is 4.39 Å². The molecule has 4 atom stereocenters. The quantitative estimate of drug-likeness (QED) is 0.202. The Hall–Kier alpha value is -5.70. The van der Waals surface area contributed by atoms with Gasteiger partial charge in [0.15, 0.2) is 23.0 Å². The molecule has 2 aliphatic heterocycles. The van der Waals surface area contributed by atoms with Crippen LogP contribution in [0.1, 0.15) is 28.7 Å². The first-order valence-corrected chi connectivity index (χ1v) is 14.1. The summed E-state index contributed by atoms with van der Waals surface area (Å²) < 4.78 is 44.9. The van der Waals surface area contributed by atoms with Gasteiger partial charge in [0.1, 0.15) is 11.5 Å². The van der Waals surface area contributed by atoms with E-state index < -0.39 is 29.1 Å². The number of aromatic hydroxyl groups is 2. The molecule has 5 N–H and O–H groups in total. The molecule has 15 heteroatoms. The average molecular weight is 655 g/mol. The third-order valence-corrected chi connectivity index (χ3v) is 7.80. The number of carbonyl (C=O) groups is 1. The van der Waals surface area contributed by atoms with E-state index in [9.17, 15) is 23.9 Å². The monoisotopic (exact) mass is 654 g/mol. The zero-order valence-electron chi connectivity index (χ0n) is 25.3. The topological polar surface area (TPSA) is 199 Å². The van der Waals surface area contributed by atoms with Crippen molar-refractivity contribution in [3.8, 4) is 40.2 Å². The maximum atomic E-state index is 12.7. The number of nitrogens with one attached hydrogen (secondary N) is 2. The minimum Gasteiger partial charge on any atom is -0.508 e. The van der Waals surface area contributed by atoms with Gasteiger partial charge in [-0.05, 0) is 53.1 Å². The Bertz CT molecular complexity index is 1850. The van der Waals surface area contributed by atoms with Gasteiger partial charge < -0.3 is 48.7 Å². The van der Waals surface area contributed by atoms with Crippen LogP contribution in [-0.2, 0) is 9.53 Å². The number of phenols is 2. The van der Waals surface area contributed by atoms with Crippen LogP contribution in [-0.4, -0.2) is 66.0 Å². The standard InChI is InChI=1S/C22H22O8.C6H6O2.C4H3FN2O2/c1-25-16-4-10(5-17(26-2)21(16)27-3)18-11-6-14-15(30-9-29-14)7-12(11)20(23)13-8-28-22(24)19(13)18;7-5-2-1-3-6(8)4-5;5-2-1-6-4(9)7-3(2)8/h4-7,13,18-20,23H,8-9H2,1-3H3;1-4,7-8H;1H,(H2,6,7,8,9)/t13-,18+,19-,20-;;/m0../s1. The summed E-state index contributed by atoms with van der Waals surface area (Å²) in [4.78, 5) is 36.7. The summed E-state index contributed by atoms with van der Waals surface area (Å²) in [5.41, 5.74) is 0.587. The molecule has 7 rings (SSSR count). The number of aromatic amines is 2. The van der Waals surface area contributed by atoms with Crippen molar-refractivity contribution >= 4 is 5.97 Å². The van der Waals surface area contributed by atoms with Crippen molar-refractivity contribution in [2.24, 2.45) is 11.8 Å². The smallest absolute Gasteiger partial charge is 0.325 e. The number of halogens is 1. The van der Waals surface area contributed by atoms with Gasteiger partial charge in [-0.1, -0.05) is 6.07 Å². The van der Waals surface area contributed by atoms with Gasteiger partial charge in [0.2, 0.25) is 18.4 Å². The molecular formula is C32H31FN2O12. The summed E-state index contributed by atoms with van der Waals surface area (Å²) in [6.07, 6.45) is -0.134. The molecule has 3 aromatic carbocycles. The highest BCUT2D eigenvalue weighted by Crippen LogP contribution is 2.55. The number of hydrogen-bond acceptors (Lipinski definition) is 12. The summed E-state index contributed by atoms with van der Waals surface area (Å²) in [5.74, 6) is 0.174. The maximum Gasteiger partial charge on any atom is 0.325 e. The number of cyclic esters (lactones) is 1. The van der Waals surface area contributed by atoms with Crippen LogP contribution in [0.25, 0.3) is 0 Å². The molecule has 248 valence electrons. The number of carbonyl (C=O) groups excluding carboxylic acids is 1. The molecule has 1 saturated heterocycles. The van der Waals surface area contributed by atoms with Crippen LogP contribution in [0.5, 0.6) is 40.2 Å². The number of aliphatic hydroxyl groups excluding tert-OH is 1. The Kier molecular flexibility index (Phi) is 9.56. The molecule has 4 aromatic rings. The molecule has 0 saturated carbocycles. The normalized spacial score (nSPS) is 19.9. The number of aliphatic hydroxyl groups is 1. The largest absolute Gasteiger partial charge is 0.508 e. The lowest BCUT2D eigenvalue weighted by Gasteiger charge is -2.37. The number of aromatic nitrogens is 2. The van der Waals surface area contributed by atoms with Gasteiger partial charge in [-0.2, -0.15) is 4.39 Å². The number of methoxy groups -OCH3 is 3. The Balaban J connectivity index is 0.000000208. The molecule has 3 aliphatic rings. The first kappa shape index (κ1) is 32.7.